The van der Waals surface area contributed by atoms with Gasteiger partial charge in [-0.25, -0.2) is 10.4 Å². The average Bonchev–Trinajstić information content (AvgIpc) is 3.13. The van der Waals surface area contributed by atoms with Crippen LogP contribution in [0.4, 0.5) is 5.95 Å². The summed E-state index contributed by atoms with van der Waals surface area (Å²) in [4.78, 5) is 7.07. The first kappa shape index (κ1) is 10.4. The monoisotopic (exact) mass is 251 g/mol. The molecule has 5 heteroatoms. The van der Waals surface area contributed by atoms with Crippen LogP contribution in [0.1, 0.15) is 12.1 Å². The van der Waals surface area contributed by atoms with Crippen LogP contribution in [0.15, 0.2) is 47.8 Å². The molecule has 19 heavy (non-hydrogen) atoms. The number of para-hydroxylation sites is 1. The number of hydrogen-bond acceptors (Lipinski definition) is 3. The van der Waals surface area contributed by atoms with Crippen LogP contribution in [0.5, 0.6) is 0 Å². The van der Waals surface area contributed by atoms with Crippen LogP contribution < -0.4 is 5.43 Å². The van der Waals surface area contributed by atoms with E-state index in [0.717, 1.165) is 18.7 Å². The Kier molecular flexibility index (Phi) is 2.17. The molecule has 0 aliphatic carbocycles. The van der Waals surface area contributed by atoms with Gasteiger partial charge < -0.3 is 9.55 Å². The number of hydrazone groups is 1. The number of aromatic nitrogens is 3. The Morgan fingerprint density at radius 3 is 3.16 bits per heavy atom. The topological polar surface area (TPSA) is 58.0 Å². The third-order valence-electron chi connectivity index (χ3n) is 3.47. The highest BCUT2D eigenvalue weighted by Crippen LogP contribution is 2.26. The Bertz CT molecular complexity index is 751. The number of imidazole rings is 1. The third kappa shape index (κ3) is 1.62. The summed E-state index contributed by atoms with van der Waals surface area (Å²) >= 11 is 0. The molecule has 1 aliphatic heterocycles. The van der Waals surface area contributed by atoms with E-state index in [0.29, 0.717) is 5.95 Å². The lowest BCUT2D eigenvalue weighted by Crippen LogP contribution is -2.00. The lowest BCUT2D eigenvalue weighted by molar-refractivity contribution is 0.798. The standard InChI is InChI=1S/C14H13N5/c1-2-4-12-10(3-1)9-13-11(5-8-19(12)13)17-18-14-15-6-7-16-14/h1-4,6-7,9H,5,8H2,(H2,15,16,18)/b17-11+. The average molecular weight is 251 g/mol. The van der Waals surface area contributed by atoms with Gasteiger partial charge in [0.05, 0.1) is 11.4 Å². The molecule has 0 amide bonds. The molecule has 4 rings (SSSR count). The number of rotatable bonds is 2. The molecular formula is C14H13N5. The fourth-order valence-electron chi connectivity index (χ4n) is 2.60. The molecule has 1 aliphatic rings. The molecule has 2 aromatic heterocycles. The van der Waals surface area contributed by atoms with Crippen molar-refractivity contribution in [1.82, 2.24) is 14.5 Å². The molecule has 0 spiro atoms. The molecule has 0 bridgehead atoms. The number of aromatic amines is 1. The van der Waals surface area contributed by atoms with E-state index in [1.807, 2.05) is 0 Å². The van der Waals surface area contributed by atoms with Crippen molar-refractivity contribution in [3.05, 3.63) is 48.4 Å². The first-order chi connectivity index (χ1) is 9.42. The van der Waals surface area contributed by atoms with Crippen molar-refractivity contribution in [2.75, 3.05) is 5.43 Å². The predicted octanol–water partition coefficient (Wildman–Crippen LogP) is 2.58. The van der Waals surface area contributed by atoms with Gasteiger partial charge in [-0.3, -0.25) is 0 Å². The maximum absolute atomic E-state index is 4.45. The zero-order valence-electron chi connectivity index (χ0n) is 10.3. The Balaban J connectivity index is 1.73. The summed E-state index contributed by atoms with van der Waals surface area (Å²) in [6.07, 6.45) is 4.43. The molecule has 0 atom stereocenters. The lowest BCUT2D eigenvalue weighted by Gasteiger charge is -1.98. The van der Waals surface area contributed by atoms with Crippen molar-refractivity contribution < 1.29 is 0 Å². The van der Waals surface area contributed by atoms with Crippen molar-refractivity contribution in [3.63, 3.8) is 0 Å². The molecule has 0 saturated carbocycles. The largest absolute Gasteiger partial charge is 0.339 e. The highest BCUT2D eigenvalue weighted by atomic mass is 15.4. The molecular weight excluding hydrogens is 238 g/mol. The van der Waals surface area contributed by atoms with Crippen LogP contribution in [-0.4, -0.2) is 20.2 Å². The zero-order valence-corrected chi connectivity index (χ0v) is 10.3. The van der Waals surface area contributed by atoms with Gasteiger partial charge in [0.25, 0.3) is 0 Å². The number of benzene rings is 1. The van der Waals surface area contributed by atoms with Crippen molar-refractivity contribution in [1.29, 1.82) is 0 Å². The van der Waals surface area contributed by atoms with E-state index in [1.165, 1.54) is 16.6 Å². The summed E-state index contributed by atoms with van der Waals surface area (Å²) in [6.45, 7) is 0.988. The quantitative estimate of drug-likeness (QED) is 0.688. The Morgan fingerprint density at radius 1 is 1.32 bits per heavy atom. The highest BCUT2D eigenvalue weighted by Gasteiger charge is 2.20. The maximum Gasteiger partial charge on any atom is 0.220 e. The van der Waals surface area contributed by atoms with Crippen LogP contribution in [0.25, 0.3) is 10.9 Å². The summed E-state index contributed by atoms with van der Waals surface area (Å²) in [6, 6.07) is 10.6. The van der Waals surface area contributed by atoms with Gasteiger partial charge in [0.15, 0.2) is 0 Å². The van der Waals surface area contributed by atoms with E-state index < -0.39 is 0 Å². The van der Waals surface area contributed by atoms with E-state index in [9.17, 15) is 0 Å². The number of aryl methyl sites for hydroxylation is 1. The Labute approximate surface area is 110 Å². The van der Waals surface area contributed by atoms with Crippen LogP contribution >= 0.6 is 0 Å². The van der Waals surface area contributed by atoms with Gasteiger partial charge in [-0.2, -0.15) is 5.10 Å². The maximum atomic E-state index is 4.45. The second kappa shape index (κ2) is 3.98. The van der Waals surface area contributed by atoms with E-state index in [2.05, 4.69) is 55.4 Å². The number of nitrogens with zero attached hydrogens (tertiary/aromatic N) is 3. The molecule has 5 nitrogen and oxygen atoms in total. The van der Waals surface area contributed by atoms with Gasteiger partial charge in [-0.1, -0.05) is 18.2 Å². The van der Waals surface area contributed by atoms with Crippen molar-refractivity contribution in [3.8, 4) is 0 Å². The normalized spacial score (nSPS) is 16.1. The fraction of sp³-hybridized carbons (Fsp3) is 0.143. The van der Waals surface area contributed by atoms with Crippen LogP contribution in [0.2, 0.25) is 0 Å². The molecule has 0 unspecified atom stereocenters. The van der Waals surface area contributed by atoms with Crippen LogP contribution in [0.3, 0.4) is 0 Å². The molecule has 0 saturated heterocycles. The predicted molar refractivity (Wildman–Crippen MR) is 75.3 cm³/mol. The third-order valence-corrected chi connectivity index (χ3v) is 3.47. The van der Waals surface area contributed by atoms with Gasteiger partial charge in [-0.15, -0.1) is 0 Å². The molecule has 94 valence electrons. The molecule has 3 aromatic rings. The van der Waals surface area contributed by atoms with Crippen LogP contribution in [-0.2, 0) is 6.54 Å². The minimum atomic E-state index is 0.669. The van der Waals surface area contributed by atoms with E-state index in [-0.39, 0.29) is 0 Å². The van der Waals surface area contributed by atoms with Gasteiger partial charge >= 0.3 is 0 Å². The minimum Gasteiger partial charge on any atom is -0.339 e. The molecule has 1 aromatic carbocycles. The molecule has 2 N–H and O–H groups in total. The van der Waals surface area contributed by atoms with E-state index >= 15 is 0 Å². The van der Waals surface area contributed by atoms with Gasteiger partial charge in [0, 0.05) is 36.3 Å². The second-order valence-corrected chi connectivity index (χ2v) is 4.60. The summed E-state index contributed by atoms with van der Waals surface area (Å²) in [7, 11) is 0. The highest BCUT2D eigenvalue weighted by molar-refractivity contribution is 6.05. The SMILES string of the molecule is c1ccc2c(c1)cc1n2CC/C1=N\Nc1ncc[nH]1. The van der Waals surface area contributed by atoms with Crippen LogP contribution in [0, 0.1) is 0 Å². The first-order valence-corrected chi connectivity index (χ1v) is 6.32. The summed E-state index contributed by atoms with van der Waals surface area (Å²) in [5, 5.41) is 5.72. The number of nitrogens with one attached hydrogen (secondary N) is 2. The van der Waals surface area contributed by atoms with Crippen molar-refractivity contribution in [2.45, 2.75) is 13.0 Å². The smallest absolute Gasteiger partial charge is 0.220 e. The summed E-state index contributed by atoms with van der Waals surface area (Å²) in [5.74, 6) is 0.669. The van der Waals surface area contributed by atoms with Crippen molar-refractivity contribution >= 4 is 22.6 Å². The second-order valence-electron chi connectivity index (χ2n) is 4.60. The van der Waals surface area contributed by atoms with Gasteiger partial charge in [0.2, 0.25) is 5.95 Å². The molecule has 0 fully saturated rings. The fourth-order valence-corrected chi connectivity index (χ4v) is 2.60. The molecule has 3 heterocycles. The molecule has 0 radical (unpaired) electrons. The van der Waals surface area contributed by atoms with Gasteiger partial charge in [0.1, 0.15) is 0 Å². The zero-order chi connectivity index (χ0) is 12.7. The Morgan fingerprint density at radius 2 is 2.26 bits per heavy atom. The van der Waals surface area contributed by atoms with Crippen molar-refractivity contribution in [2.24, 2.45) is 5.10 Å². The van der Waals surface area contributed by atoms with E-state index in [4.69, 9.17) is 0 Å². The number of hydrogen-bond donors (Lipinski definition) is 2. The Hall–Kier alpha value is -2.56. The van der Waals surface area contributed by atoms with Gasteiger partial charge in [-0.05, 0) is 12.1 Å². The number of anilines is 1. The lowest BCUT2D eigenvalue weighted by atomic mass is 10.2. The number of H-pyrrole nitrogens is 1. The van der Waals surface area contributed by atoms with E-state index in [1.54, 1.807) is 12.4 Å². The summed E-state index contributed by atoms with van der Waals surface area (Å²) < 4.78 is 2.32. The number of fused-ring (bicyclic) bond motifs is 3. The first-order valence-electron chi connectivity index (χ1n) is 6.32. The summed E-state index contributed by atoms with van der Waals surface area (Å²) in [5.41, 5.74) is 6.51. The minimum absolute atomic E-state index is 0.669.